The Bertz CT molecular complexity index is 748. The first-order valence-corrected chi connectivity index (χ1v) is 8.67. The molecular formula is C18H21ClN3O3+. The lowest BCUT2D eigenvalue weighted by Gasteiger charge is -2.24. The van der Waals surface area contributed by atoms with Crippen LogP contribution in [0.25, 0.3) is 0 Å². The van der Waals surface area contributed by atoms with Crippen molar-refractivity contribution >= 4 is 23.0 Å². The van der Waals surface area contributed by atoms with Crippen molar-refractivity contribution in [1.82, 2.24) is 0 Å². The van der Waals surface area contributed by atoms with Gasteiger partial charge in [0.05, 0.1) is 28.8 Å². The third-order valence-electron chi connectivity index (χ3n) is 4.39. The van der Waals surface area contributed by atoms with Crippen LogP contribution in [-0.4, -0.2) is 31.2 Å². The normalized spacial score (nSPS) is 15.1. The zero-order valence-corrected chi connectivity index (χ0v) is 14.6. The molecule has 3 rings (SSSR count). The molecule has 2 aromatic rings. The summed E-state index contributed by atoms with van der Waals surface area (Å²) in [6, 6.07) is 12.8. The molecule has 6 nitrogen and oxygen atoms in total. The molecule has 25 heavy (non-hydrogen) atoms. The number of benzene rings is 2. The van der Waals surface area contributed by atoms with Gasteiger partial charge in [-0.1, -0.05) is 35.9 Å². The molecule has 0 aliphatic carbocycles. The minimum atomic E-state index is -0.448. The summed E-state index contributed by atoms with van der Waals surface area (Å²) in [6.07, 6.45) is 0. The van der Waals surface area contributed by atoms with Gasteiger partial charge in [-0.25, -0.2) is 0 Å². The van der Waals surface area contributed by atoms with Crippen LogP contribution >= 0.6 is 11.6 Å². The van der Waals surface area contributed by atoms with Crippen molar-refractivity contribution in [1.29, 1.82) is 0 Å². The highest BCUT2D eigenvalue weighted by molar-refractivity contribution is 6.33. The van der Waals surface area contributed by atoms with Gasteiger partial charge in [0.1, 0.15) is 19.6 Å². The maximum atomic E-state index is 10.8. The summed E-state index contributed by atoms with van der Waals surface area (Å²) in [5.74, 6) is 0. The molecule has 0 amide bonds. The molecule has 0 aromatic heterocycles. The molecule has 7 heteroatoms. The lowest BCUT2D eigenvalue weighted by molar-refractivity contribution is -0.921. The zero-order chi connectivity index (χ0) is 17.6. The van der Waals surface area contributed by atoms with Crippen molar-refractivity contribution in [3.63, 3.8) is 0 Å². The van der Waals surface area contributed by atoms with Crippen molar-refractivity contribution < 1.29 is 14.6 Å². The summed E-state index contributed by atoms with van der Waals surface area (Å²) in [5.41, 5.74) is 3.19. The number of nitro groups is 1. The van der Waals surface area contributed by atoms with E-state index in [-0.39, 0.29) is 5.69 Å². The minimum absolute atomic E-state index is 0.00753. The van der Waals surface area contributed by atoms with Crippen LogP contribution in [0.3, 0.4) is 0 Å². The Hall–Kier alpha value is -2.15. The molecule has 0 saturated carbocycles. The first-order valence-electron chi connectivity index (χ1n) is 8.29. The Labute approximate surface area is 151 Å². The Morgan fingerprint density at radius 3 is 2.56 bits per heavy atom. The quantitative estimate of drug-likeness (QED) is 0.611. The van der Waals surface area contributed by atoms with Crippen molar-refractivity contribution in [3.8, 4) is 0 Å². The second-order valence-electron chi connectivity index (χ2n) is 6.08. The van der Waals surface area contributed by atoms with E-state index in [0.717, 1.165) is 32.8 Å². The predicted molar refractivity (Wildman–Crippen MR) is 97.1 cm³/mol. The molecule has 2 N–H and O–H groups in total. The molecule has 132 valence electrons. The fourth-order valence-corrected chi connectivity index (χ4v) is 3.20. The fraction of sp³-hybridized carbons (Fsp3) is 0.333. The molecular weight excluding hydrogens is 342 g/mol. The van der Waals surface area contributed by atoms with Crippen LogP contribution in [0, 0.1) is 10.1 Å². The van der Waals surface area contributed by atoms with E-state index < -0.39 is 4.92 Å². The highest BCUT2D eigenvalue weighted by Gasteiger charge is 2.16. The maximum Gasteiger partial charge on any atom is 0.271 e. The Morgan fingerprint density at radius 1 is 1.16 bits per heavy atom. The van der Waals surface area contributed by atoms with E-state index in [1.807, 2.05) is 6.07 Å². The van der Waals surface area contributed by atoms with Gasteiger partial charge < -0.3 is 15.0 Å². The third-order valence-corrected chi connectivity index (χ3v) is 4.70. The van der Waals surface area contributed by atoms with Crippen LogP contribution < -0.4 is 10.2 Å². The summed E-state index contributed by atoms with van der Waals surface area (Å²) in [4.78, 5) is 11.9. The standard InChI is InChI=1S/C18H20ClN3O3/c19-17-11-16(22(23)24)5-6-18(17)20-12-14-3-1-2-4-15(14)13-21-7-9-25-10-8-21/h1-6,11,20H,7-10,12-13H2/p+1. The molecule has 0 bridgehead atoms. The second kappa shape index (κ2) is 8.29. The summed E-state index contributed by atoms with van der Waals surface area (Å²) in [6.45, 7) is 5.26. The van der Waals surface area contributed by atoms with Crippen molar-refractivity contribution in [3.05, 3.63) is 68.7 Å². The van der Waals surface area contributed by atoms with Gasteiger partial charge in [0, 0.05) is 24.2 Å². The molecule has 1 heterocycles. The smallest absolute Gasteiger partial charge is 0.271 e. The van der Waals surface area contributed by atoms with Crippen molar-refractivity contribution in [2.45, 2.75) is 13.1 Å². The van der Waals surface area contributed by atoms with E-state index in [1.54, 1.807) is 6.07 Å². The number of ether oxygens (including phenoxy) is 1. The molecule has 1 aliphatic heterocycles. The largest absolute Gasteiger partial charge is 0.380 e. The Kier molecular flexibility index (Phi) is 5.86. The number of nitrogens with one attached hydrogen (secondary N) is 2. The molecule has 1 saturated heterocycles. The SMILES string of the molecule is O=[N+]([O-])c1ccc(NCc2ccccc2C[NH+]2CCOCC2)c(Cl)c1. The van der Waals surface area contributed by atoms with Gasteiger partial charge in [-0.3, -0.25) is 10.1 Å². The summed E-state index contributed by atoms with van der Waals surface area (Å²) < 4.78 is 5.42. The fourth-order valence-electron chi connectivity index (χ4n) is 2.96. The van der Waals surface area contributed by atoms with Crippen LogP contribution in [0.2, 0.25) is 5.02 Å². The van der Waals surface area contributed by atoms with Crippen LogP contribution in [0.5, 0.6) is 0 Å². The van der Waals surface area contributed by atoms with E-state index in [9.17, 15) is 10.1 Å². The molecule has 0 spiro atoms. The van der Waals surface area contributed by atoms with Crippen LogP contribution in [-0.2, 0) is 17.8 Å². The molecule has 0 unspecified atom stereocenters. The van der Waals surface area contributed by atoms with Crippen LogP contribution in [0.15, 0.2) is 42.5 Å². The molecule has 1 fully saturated rings. The molecule has 0 atom stereocenters. The highest BCUT2D eigenvalue weighted by Crippen LogP contribution is 2.27. The number of anilines is 1. The van der Waals surface area contributed by atoms with Crippen molar-refractivity contribution in [2.24, 2.45) is 0 Å². The Balaban J connectivity index is 1.68. The monoisotopic (exact) mass is 362 g/mol. The second-order valence-corrected chi connectivity index (χ2v) is 6.49. The number of nitrogens with zero attached hydrogens (tertiary/aromatic N) is 1. The maximum absolute atomic E-state index is 10.8. The summed E-state index contributed by atoms with van der Waals surface area (Å²) in [5, 5.41) is 14.4. The number of rotatable bonds is 6. The van der Waals surface area contributed by atoms with Gasteiger partial charge in [0.2, 0.25) is 0 Å². The number of quaternary nitrogens is 1. The highest BCUT2D eigenvalue weighted by atomic mass is 35.5. The van der Waals surface area contributed by atoms with E-state index in [2.05, 4.69) is 23.5 Å². The molecule has 2 aromatic carbocycles. The van der Waals surface area contributed by atoms with E-state index >= 15 is 0 Å². The molecule has 1 aliphatic rings. The lowest BCUT2D eigenvalue weighted by Crippen LogP contribution is -3.12. The molecule has 0 radical (unpaired) electrons. The van der Waals surface area contributed by atoms with Crippen LogP contribution in [0.1, 0.15) is 11.1 Å². The average Bonchev–Trinajstić information content (AvgIpc) is 2.62. The number of halogens is 1. The van der Waals surface area contributed by atoms with Gasteiger partial charge >= 0.3 is 0 Å². The Morgan fingerprint density at radius 2 is 1.88 bits per heavy atom. The first kappa shape index (κ1) is 17.7. The van der Waals surface area contributed by atoms with Gasteiger partial charge in [-0.05, 0) is 11.6 Å². The summed E-state index contributed by atoms with van der Waals surface area (Å²) >= 11 is 6.15. The van der Waals surface area contributed by atoms with E-state index in [4.69, 9.17) is 16.3 Å². The topological polar surface area (TPSA) is 68.8 Å². The van der Waals surface area contributed by atoms with Crippen LogP contribution in [0.4, 0.5) is 11.4 Å². The van der Waals surface area contributed by atoms with Gasteiger partial charge in [-0.2, -0.15) is 0 Å². The number of nitro benzene ring substituents is 1. The third kappa shape index (κ3) is 4.69. The predicted octanol–water partition coefficient (Wildman–Crippen LogP) is 2.28. The van der Waals surface area contributed by atoms with E-state index in [0.29, 0.717) is 17.3 Å². The average molecular weight is 363 g/mol. The zero-order valence-electron chi connectivity index (χ0n) is 13.8. The number of morpholine rings is 1. The van der Waals surface area contributed by atoms with Gasteiger partial charge in [0.25, 0.3) is 5.69 Å². The summed E-state index contributed by atoms with van der Waals surface area (Å²) in [7, 11) is 0. The number of hydrogen-bond donors (Lipinski definition) is 2. The minimum Gasteiger partial charge on any atom is -0.380 e. The number of hydrogen-bond acceptors (Lipinski definition) is 4. The van der Waals surface area contributed by atoms with E-state index in [1.165, 1.54) is 28.2 Å². The first-order chi connectivity index (χ1) is 12.1. The van der Waals surface area contributed by atoms with Gasteiger partial charge in [-0.15, -0.1) is 0 Å². The van der Waals surface area contributed by atoms with Gasteiger partial charge in [0.15, 0.2) is 0 Å². The lowest BCUT2D eigenvalue weighted by atomic mass is 10.1. The van der Waals surface area contributed by atoms with Crippen molar-refractivity contribution in [2.75, 3.05) is 31.6 Å². The number of non-ortho nitro benzene ring substituents is 1.